The van der Waals surface area contributed by atoms with Crippen LogP contribution in [0.3, 0.4) is 0 Å². The molecule has 2 aromatic carbocycles. The standard InChI is InChI=1S/C17H18O5/c1-20-11-22-15-9-8-13(12-6-4-3-5-7-12)14(10-18)16(15)17(19)21-2/h3-9,18H,10-11H2,1-2H3. The van der Waals surface area contributed by atoms with Gasteiger partial charge in [0.1, 0.15) is 11.3 Å². The molecule has 0 spiro atoms. The van der Waals surface area contributed by atoms with E-state index >= 15 is 0 Å². The first-order chi connectivity index (χ1) is 10.7. The molecule has 5 nitrogen and oxygen atoms in total. The second-order valence-electron chi connectivity index (χ2n) is 4.53. The summed E-state index contributed by atoms with van der Waals surface area (Å²) in [5.41, 5.74) is 2.33. The minimum absolute atomic E-state index is 0.000450. The maximum Gasteiger partial charge on any atom is 0.342 e. The Hall–Kier alpha value is -2.37. The Morgan fingerprint density at radius 1 is 1.09 bits per heavy atom. The van der Waals surface area contributed by atoms with Crippen molar-refractivity contribution in [3.8, 4) is 16.9 Å². The molecule has 0 amide bonds. The van der Waals surface area contributed by atoms with E-state index < -0.39 is 5.97 Å². The van der Waals surface area contributed by atoms with Crippen molar-refractivity contribution in [3.05, 3.63) is 53.6 Å². The molecule has 0 saturated heterocycles. The smallest absolute Gasteiger partial charge is 0.342 e. The second-order valence-corrected chi connectivity index (χ2v) is 4.53. The summed E-state index contributed by atoms with van der Waals surface area (Å²) in [7, 11) is 2.78. The highest BCUT2D eigenvalue weighted by Crippen LogP contribution is 2.33. The van der Waals surface area contributed by atoms with Gasteiger partial charge in [0.05, 0.1) is 13.7 Å². The van der Waals surface area contributed by atoms with E-state index in [1.807, 2.05) is 30.3 Å². The molecule has 0 bridgehead atoms. The zero-order chi connectivity index (χ0) is 15.9. The fraction of sp³-hybridized carbons (Fsp3) is 0.235. The molecule has 22 heavy (non-hydrogen) atoms. The topological polar surface area (TPSA) is 65.0 Å². The van der Waals surface area contributed by atoms with Gasteiger partial charge in [0.25, 0.3) is 0 Å². The van der Waals surface area contributed by atoms with Crippen LogP contribution >= 0.6 is 0 Å². The van der Waals surface area contributed by atoms with Crippen LogP contribution in [0.5, 0.6) is 5.75 Å². The van der Waals surface area contributed by atoms with Crippen LogP contribution in [0.25, 0.3) is 11.1 Å². The van der Waals surface area contributed by atoms with Crippen molar-refractivity contribution in [3.63, 3.8) is 0 Å². The normalized spacial score (nSPS) is 10.3. The van der Waals surface area contributed by atoms with Crippen LogP contribution in [-0.2, 0) is 16.1 Å². The Balaban J connectivity index is 2.60. The van der Waals surface area contributed by atoms with Crippen LogP contribution in [0.4, 0.5) is 0 Å². The average molecular weight is 302 g/mol. The third kappa shape index (κ3) is 3.27. The summed E-state index contributed by atoms with van der Waals surface area (Å²) < 4.78 is 15.1. The largest absolute Gasteiger partial charge is 0.467 e. The molecule has 0 aliphatic carbocycles. The Morgan fingerprint density at radius 2 is 1.82 bits per heavy atom. The molecule has 2 aromatic rings. The molecule has 0 fully saturated rings. The quantitative estimate of drug-likeness (QED) is 0.656. The number of esters is 1. The van der Waals surface area contributed by atoms with Crippen molar-refractivity contribution >= 4 is 5.97 Å². The van der Waals surface area contributed by atoms with Crippen molar-refractivity contribution in [2.75, 3.05) is 21.0 Å². The number of aliphatic hydroxyl groups excluding tert-OH is 1. The summed E-state index contributed by atoms with van der Waals surface area (Å²) in [5.74, 6) is -0.245. The van der Waals surface area contributed by atoms with Crippen LogP contribution in [-0.4, -0.2) is 32.1 Å². The SMILES string of the molecule is COCOc1ccc(-c2ccccc2)c(CO)c1C(=O)OC. The zero-order valence-corrected chi connectivity index (χ0v) is 12.5. The monoisotopic (exact) mass is 302 g/mol. The number of aliphatic hydroxyl groups is 1. The van der Waals surface area contributed by atoms with Crippen LogP contribution in [0, 0.1) is 0 Å². The number of carbonyl (C=O) groups is 1. The predicted octanol–water partition coefficient (Wildman–Crippen LogP) is 2.62. The van der Waals surface area contributed by atoms with Gasteiger partial charge < -0.3 is 19.3 Å². The van der Waals surface area contributed by atoms with Gasteiger partial charge in [-0.1, -0.05) is 36.4 Å². The number of hydrogen-bond acceptors (Lipinski definition) is 5. The molecule has 2 rings (SSSR count). The van der Waals surface area contributed by atoms with Crippen LogP contribution in [0.1, 0.15) is 15.9 Å². The Morgan fingerprint density at radius 3 is 2.41 bits per heavy atom. The summed E-state index contributed by atoms with van der Waals surface area (Å²) in [6.45, 7) is -0.307. The van der Waals surface area contributed by atoms with E-state index in [4.69, 9.17) is 14.2 Å². The maximum absolute atomic E-state index is 12.1. The summed E-state index contributed by atoms with van der Waals surface area (Å²) in [4.78, 5) is 12.1. The van der Waals surface area contributed by atoms with E-state index in [1.54, 1.807) is 12.1 Å². The van der Waals surface area contributed by atoms with Crippen molar-refractivity contribution in [1.82, 2.24) is 0 Å². The molecule has 0 unspecified atom stereocenters. The highest BCUT2D eigenvalue weighted by Gasteiger charge is 2.21. The number of rotatable bonds is 6. The first-order valence-corrected chi connectivity index (χ1v) is 6.75. The summed E-state index contributed by atoms with van der Waals surface area (Å²) >= 11 is 0. The first-order valence-electron chi connectivity index (χ1n) is 6.75. The van der Waals surface area contributed by atoms with E-state index in [0.29, 0.717) is 11.3 Å². The first kappa shape index (κ1) is 16.0. The molecule has 0 atom stereocenters. The van der Waals surface area contributed by atoms with E-state index in [0.717, 1.165) is 11.1 Å². The lowest BCUT2D eigenvalue weighted by Gasteiger charge is -2.16. The average Bonchev–Trinajstić information content (AvgIpc) is 2.59. The fourth-order valence-corrected chi connectivity index (χ4v) is 2.25. The van der Waals surface area contributed by atoms with Crippen LogP contribution in [0.15, 0.2) is 42.5 Å². The molecule has 0 heterocycles. The van der Waals surface area contributed by atoms with Gasteiger partial charge >= 0.3 is 5.97 Å². The molecule has 0 aromatic heterocycles. The molecular formula is C17H18O5. The summed E-state index contributed by atoms with van der Waals surface area (Å²) in [6, 6.07) is 13.0. The van der Waals surface area contributed by atoms with Crippen LogP contribution in [0.2, 0.25) is 0 Å². The van der Waals surface area contributed by atoms with Gasteiger partial charge in [-0.15, -0.1) is 0 Å². The molecule has 0 aliphatic heterocycles. The maximum atomic E-state index is 12.1. The van der Waals surface area contributed by atoms with Gasteiger partial charge in [-0.2, -0.15) is 0 Å². The second kappa shape index (κ2) is 7.59. The van der Waals surface area contributed by atoms with Crippen molar-refractivity contribution in [2.24, 2.45) is 0 Å². The molecule has 0 aliphatic rings. The Labute approximate surface area is 129 Å². The third-order valence-corrected chi connectivity index (χ3v) is 3.24. The lowest BCUT2D eigenvalue weighted by Crippen LogP contribution is -2.12. The van der Waals surface area contributed by atoms with Crippen LogP contribution < -0.4 is 4.74 Å². The van der Waals surface area contributed by atoms with E-state index in [2.05, 4.69) is 0 Å². The Bertz CT molecular complexity index is 637. The molecule has 5 heteroatoms. The van der Waals surface area contributed by atoms with E-state index in [-0.39, 0.29) is 19.0 Å². The lowest BCUT2D eigenvalue weighted by atomic mass is 9.95. The van der Waals surface area contributed by atoms with Crippen molar-refractivity contribution in [2.45, 2.75) is 6.61 Å². The van der Waals surface area contributed by atoms with Crippen molar-refractivity contribution in [1.29, 1.82) is 0 Å². The summed E-state index contributed by atoms with van der Waals surface area (Å²) in [5, 5.41) is 9.76. The molecule has 1 N–H and O–H groups in total. The molecule has 116 valence electrons. The number of carbonyl (C=O) groups excluding carboxylic acids is 1. The number of methoxy groups -OCH3 is 2. The number of hydrogen-bond donors (Lipinski definition) is 1. The van der Waals surface area contributed by atoms with Gasteiger partial charge in [-0.25, -0.2) is 4.79 Å². The molecule has 0 saturated carbocycles. The fourth-order valence-electron chi connectivity index (χ4n) is 2.25. The van der Waals surface area contributed by atoms with E-state index in [1.165, 1.54) is 14.2 Å². The van der Waals surface area contributed by atoms with Crippen molar-refractivity contribution < 1.29 is 24.1 Å². The minimum Gasteiger partial charge on any atom is -0.467 e. The predicted molar refractivity (Wildman–Crippen MR) is 81.6 cm³/mol. The Kier molecular flexibility index (Phi) is 5.52. The summed E-state index contributed by atoms with van der Waals surface area (Å²) in [6.07, 6.45) is 0. The highest BCUT2D eigenvalue weighted by atomic mass is 16.7. The van der Waals surface area contributed by atoms with Gasteiger partial charge in [-0.3, -0.25) is 0 Å². The number of ether oxygens (including phenoxy) is 3. The molecule has 0 radical (unpaired) electrons. The van der Waals surface area contributed by atoms with Gasteiger partial charge in [0, 0.05) is 12.7 Å². The molecular weight excluding hydrogens is 284 g/mol. The van der Waals surface area contributed by atoms with E-state index in [9.17, 15) is 9.90 Å². The van der Waals surface area contributed by atoms with Gasteiger partial charge in [-0.05, 0) is 17.2 Å². The van der Waals surface area contributed by atoms with Gasteiger partial charge in [0.15, 0.2) is 6.79 Å². The zero-order valence-electron chi connectivity index (χ0n) is 12.5. The number of benzene rings is 2. The highest BCUT2D eigenvalue weighted by molar-refractivity contribution is 5.96. The minimum atomic E-state index is -0.562. The van der Waals surface area contributed by atoms with Gasteiger partial charge in [0.2, 0.25) is 0 Å². The lowest BCUT2D eigenvalue weighted by molar-refractivity contribution is 0.0461. The third-order valence-electron chi connectivity index (χ3n) is 3.24.